The molecule has 2 atom stereocenters. The lowest BCUT2D eigenvalue weighted by molar-refractivity contribution is -0.151. The van der Waals surface area contributed by atoms with E-state index in [9.17, 15) is 19.5 Å². The zero-order valence-corrected chi connectivity index (χ0v) is 23.9. The Kier molecular flexibility index (Phi) is 8.94. The van der Waals surface area contributed by atoms with Gasteiger partial charge in [-0.2, -0.15) is 0 Å². The number of amides is 3. The maximum atomic E-state index is 13.3. The highest BCUT2D eigenvalue weighted by atomic mass is 16.5. The van der Waals surface area contributed by atoms with Crippen molar-refractivity contribution in [2.75, 3.05) is 13.1 Å². The van der Waals surface area contributed by atoms with E-state index in [4.69, 9.17) is 9.94 Å². The van der Waals surface area contributed by atoms with E-state index in [0.717, 1.165) is 22.2 Å². The minimum absolute atomic E-state index is 0.153. The van der Waals surface area contributed by atoms with Crippen molar-refractivity contribution < 1.29 is 29.4 Å². The lowest BCUT2D eigenvalue weighted by Gasteiger charge is -2.43. The van der Waals surface area contributed by atoms with Gasteiger partial charge in [0.2, 0.25) is 5.91 Å². The van der Waals surface area contributed by atoms with E-state index in [-0.39, 0.29) is 56.7 Å². The highest BCUT2D eigenvalue weighted by molar-refractivity contribution is 5.95. The highest BCUT2D eigenvalue weighted by Gasteiger charge is 2.42. The van der Waals surface area contributed by atoms with Crippen LogP contribution in [0.2, 0.25) is 0 Å². The summed E-state index contributed by atoms with van der Waals surface area (Å²) in [5.74, 6) is -0.809. The van der Waals surface area contributed by atoms with Gasteiger partial charge in [-0.25, -0.2) is 5.48 Å². The van der Waals surface area contributed by atoms with Crippen molar-refractivity contribution in [3.63, 3.8) is 0 Å². The zero-order chi connectivity index (χ0) is 29.8. The molecule has 41 heavy (non-hydrogen) atoms. The summed E-state index contributed by atoms with van der Waals surface area (Å²) in [6.07, 6.45) is 0.433. The number of carbonyl (C=O) groups excluding carboxylic acids is 3. The lowest BCUT2D eigenvalue weighted by Crippen LogP contribution is -2.59. The van der Waals surface area contributed by atoms with Crippen LogP contribution < -0.4 is 15.5 Å². The predicted molar refractivity (Wildman–Crippen MR) is 153 cm³/mol. The van der Waals surface area contributed by atoms with Crippen LogP contribution in [0, 0.1) is 6.92 Å². The number of carbonyl (C=O) groups is 3. The van der Waals surface area contributed by atoms with Gasteiger partial charge < -0.3 is 20.1 Å². The number of ether oxygens (including phenoxy) is 1. The molecule has 4 N–H and O–H groups in total. The van der Waals surface area contributed by atoms with Crippen LogP contribution in [-0.4, -0.2) is 62.1 Å². The summed E-state index contributed by atoms with van der Waals surface area (Å²) in [6, 6.07) is 16.7. The largest absolute Gasteiger partial charge is 0.486 e. The molecule has 3 aromatic rings. The average Bonchev–Trinajstić information content (AvgIpc) is 2.96. The number of hydroxylamine groups is 1. The second-order valence-corrected chi connectivity index (χ2v) is 11.0. The number of aromatic nitrogens is 1. The third kappa shape index (κ3) is 6.83. The van der Waals surface area contributed by atoms with Crippen LogP contribution in [0.15, 0.2) is 54.6 Å². The number of piperidine rings is 1. The minimum atomic E-state index is -1.48. The summed E-state index contributed by atoms with van der Waals surface area (Å²) in [6.45, 7) is 7.63. The van der Waals surface area contributed by atoms with Crippen molar-refractivity contribution in [2.24, 2.45) is 0 Å². The van der Waals surface area contributed by atoms with E-state index >= 15 is 0 Å². The molecule has 3 amide bonds. The minimum Gasteiger partial charge on any atom is -0.486 e. The third-order valence-corrected chi connectivity index (χ3v) is 7.90. The van der Waals surface area contributed by atoms with Gasteiger partial charge in [0.25, 0.3) is 11.8 Å². The first-order chi connectivity index (χ1) is 19.5. The second-order valence-electron chi connectivity index (χ2n) is 11.0. The van der Waals surface area contributed by atoms with Crippen LogP contribution in [0.3, 0.4) is 0 Å². The molecule has 1 aliphatic heterocycles. The topological polar surface area (TPSA) is 141 Å². The fourth-order valence-electron chi connectivity index (χ4n) is 5.26. The summed E-state index contributed by atoms with van der Waals surface area (Å²) in [5, 5.41) is 23.5. The molecule has 0 radical (unpaired) electrons. The number of hydrogen-bond acceptors (Lipinski definition) is 7. The van der Waals surface area contributed by atoms with Crippen molar-refractivity contribution in [3.05, 3.63) is 71.4 Å². The molecule has 2 heterocycles. The molecule has 1 aromatic heterocycles. The average molecular weight is 563 g/mol. The molecular formula is C31H38N4O6. The van der Waals surface area contributed by atoms with E-state index in [0.29, 0.717) is 11.3 Å². The molecule has 0 spiro atoms. The Labute approximate surface area is 239 Å². The van der Waals surface area contributed by atoms with Crippen molar-refractivity contribution in [3.8, 4) is 5.75 Å². The molecule has 2 aromatic carbocycles. The molecule has 1 aliphatic rings. The maximum Gasteiger partial charge on any atom is 0.254 e. The van der Waals surface area contributed by atoms with Crippen LogP contribution in [0.4, 0.5) is 0 Å². The Morgan fingerprint density at radius 2 is 1.78 bits per heavy atom. The first-order valence-corrected chi connectivity index (χ1v) is 13.9. The molecule has 1 fully saturated rings. The number of para-hydroxylation sites is 1. The molecule has 0 saturated carbocycles. The van der Waals surface area contributed by atoms with E-state index in [2.05, 4.69) is 10.3 Å². The van der Waals surface area contributed by atoms with E-state index < -0.39 is 17.0 Å². The van der Waals surface area contributed by atoms with Gasteiger partial charge in [-0.3, -0.25) is 24.6 Å². The molecule has 0 bridgehead atoms. The summed E-state index contributed by atoms with van der Waals surface area (Å²) in [7, 11) is 0. The van der Waals surface area contributed by atoms with Gasteiger partial charge in [-0.05, 0) is 76.4 Å². The quantitative estimate of drug-likeness (QED) is 0.229. The van der Waals surface area contributed by atoms with Crippen LogP contribution in [0.5, 0.6) is 5.75 Å². The Morgan fingerprint density at radius 3 is 2.41 bits per heavy atom. The van der Waals surface area contributed by atoms with E-state index in [1.165, 1.54) is 6.92 Å². The maximum absolute atomic E-state index is 13.3. The molecule has 0 aliphatic carbocycles. The van der Waals surface area contributed by atoms with Crippen LogP contribution >= 0.6 is 0 Å². The summed E-state index contributed by atoms with van der Waals surface area (Å²) in [5.41, 5.74) is 2.39. The standard InChI is InChI=1S/C31H38N4O6/c1-5-30(4,39)29(38)35-16-14-31(15-17-35,19-27(36)34-40)33-28(37)22-10-12-23(13-11-22)41-21(3)25-18-20(2)32-26-9-7-6-8-24(25)26/h6-13,18,21,39-40H,5,14-17,19H2,1-4H3,(H,33,37)(H,34,36). The Hall–Kier alpha value is -4.02. The normalized spacial score (nSPS) is 16.9. The van der Waals surface area contributed by atoms with Crippen LogP contribution in [0.25, 0.3) is 10.9 Å². The van der Waals surface area contributed by atoms with Gasteiger partial charge in [-0.15, -0.1) is 0 Å². The van der Waals surface area contributed by atoms with Crippen molar-refractivity contribution in [2.45, 2.75) is 70.6 Å². The van der Waals surface area contributed by atoms with E-state index in [1.54, 1.807) is 41.6 Å². The molecule has 10 nitrogen and oxygen atoms in total. The molecular weight excluding hydrogens is 524 g/mol. The fraction of sp³-hybridized carbons (Fsp3) is 0.419. The van der Waals surface area contributed by atoms with Gasteiger partial charge in [0.1, 0.15) is 17.5 Å². The Bertz CT molecular complexity index is 1410. The number of nitrogens with one attached hydrogen (secondary N) is 2. The number of hydrogen-bond donors (Lipinski definition) is 4. The lowest BCUT2D eigenvalue weighted by atomic mass is 9.83. The highest BCUT2D eigenvalue weighted by Crippen LogP contribution is 2.30. The molecule has 10 heteroatoms. The number of pyridine rings is 1. The zero-order valence-electron chi connectivity index (χ0n) is 23.9. The molecule has 1 saturated heterocycles. The van der Waals surface area contributed by atoms with Gasteiger partial charge in [0, 0.05) is 35.3 Å². The summed E-state index contributed by atoms with van der Waals surface area (Å²) >= 11 is 0. The van der Waals surface area contributed by atoms with Crippen LogP contribution in [-0.2, 0) is 9.59 Å². The molecule has 2 unspecified atom stereocenters. The SMILES string of the molecule is CCC(C)(O)C(=O)N1CCC(CC(=O)NO)(NC(=O)c2ccc(OC(C)c3cc(C)nc4ccccc34)cc2)CC1. The van der Waals surface area contributed by atoms with Gasteiger partial charge in [0.15, 0.2) is 0 Å². The first kappa shape index (κ1) is 30.0. The smallest absolute Gasteiger partial charge is 0.254 e. The van der Waals surface area contributed by atoms with Crippen molar-refractivity contribution >= 4 is 28.6 Å². The number of nitrogens with zero attached hydrogens (tertiary/aromatic N) is 2. The van der Waals surface area contributed by atoms with E-state index in [1.807, 2.05) is 44.2 Å². The summed E-state index contributed by atoms with van der Waals surface area (Å²) in [4.78, 5) is 44.3. The number of fused-ring (bicyclic) bond motifs is 1. The third-order valence-electron chi connectivity index (χ3n) is 7.90. The van der Waals surface area contributed by atoms with Gasteiger partial charge in [0.05, 0.1) is 17.5 Å². The van der Waals surface area contributed by atoms with Crippen molar-refractivity contribution in [1.29, 1.82) is 0 Å². The van der Waals surface area contributed by atoms with Gasteiger partial charge >= 0.3 is 0 Å². The molecule has 4 rings (SSSR count). The monoisotopic (exact) mass is 562 g/mol. The number of rotatable bonds is 9. The number of aliphatic hydroxyl groups is 1. The predicted octanol–water partition coefficient (Wildman–Crippen LogP) is 3.83. The summed E-state index contributed by atoms with van der Waals surface area (Å²) < 4.78 is 6.21. The second kappa shape index (κ2) is 12.2. The number of benzene rings is 2. The number of likely N-dealkylation sites (tertiary alicyclic amines) is 1. The van der Waals surface area contributed by atoms with Gasteiger partial charge in [-0.1, -0.05) is 25.1 Å². The van der Waals surface area contributed by atoms with Crippen LogP contribution in [0.1, 0.15) is 74.2 Å². The molecule has 218 valence electrons. The first-order valence-electron chi connectivity index (χ1n) is 13.9. The fourth-order valence-corrected chi connectivity index (χ4v) is 5.26. The van der Waals surface area contributed by atoms with Crippen molar-refractivity contribution in [1.82, 2.24) is 20.7 Å². The Morgan fingerprint density at radius 1 is 1.12 bits per heavy atom. The number of aryl methyl sites for hydroxylation is 1. The Balaban J connectivity index is 1.45.